The van der Waals surface area contributed by atoms with Gasteiger partial charge in [-0.05, 0) is 64.5 Å². The van der Waals surface area contributed by atoms with Gasteiger partial charge in [0.25, 0.3) is 0 Å². The number of hydrogen-bond donors (Lipinski definition) is 0. The second kappa shape index (κ2) is 8.26. The van der Waals surface area contributed by atoms with Crippen LogP contribution in [0.4, 0.5) is 0 Å². The van der Waals surface area contributed by atoms with Gasteiger partial charge in [0.15, 0.2) is 11.8 Å². The van der Waals surface area contributed by atoms with Crippen molar-refractivity contribution in [1.29, 1.82) is 0 Å². The van der Waals surface area contributed by atoms with Gasteiger partial charge in [-0.3, -0.25) is 0 Å². The normalized spacial score (nSPS) is 16.2. The fraction of sp³-hybridized carbons (Fsp3) is 0.278. The molecule has 6 aromatic rings. The van der Waals surface area contributed by atoms with Crippen LogP contribution in [0.3, 0.4) is 0 Å². The van der Waals surface area contributed by atoms with Crippen molar-refractivity contribution in [2.45, 2.75) is 58.3 Å². The van der Waals surface area contributed by atoms with Gasteiger partial charge in [-0.2, -0.15) is 0 Å². The zero-order chi connectivity index (χ0) is 27.1. The summed E-state index contributed by atoms with van der Waals surface area (Å²) in [6, 6.07) is 26.3. The van der Waals surface area contributed by atoms with Gasteiger partial charge in [-0.1, -0.05) is 82.3 Å². The predicted octanol–water partition coefficient (Wildman–Crippen LogP) is 8.95. The van der Waals surface area contributed by atoms with Crippen LogP contribution in [0.2, 0.25) is 0 Å². The monoisotopic (exact) mass is 511 g/mol. The topological polar surface area (TPSA) is 29.9 Å². The van der Waals surface area contributed by atoms with Gasteiger partial charge in [0.1, 0.15) is 7.05 Å². The van der Waals surface area contributed by atoms with Crippen molar-refractivity contribution in [3.63, 3.8) is 0 Å². The van der Waals surface area contributed by atoms with Crippen LogP contribution in [-0.4, -0.2) is 4.98 Å². The number of furan rings is 1. The van der Waals surface area contributed by atoms with Crippen molar-refractivity contribution >= 4 is 33.0 Å². The Labute approximate surface area is 230 Å². The fourth-order valence-corrected chi connectivity index (χ4v) is 6.67. The van der Waals surface area contributed by atoms with Gasteiger partial charge in [0.05, 0.1) is 11.1 Å². The quantitative estimate of drug-likeness (QED) is 0.217. The summed E-state index contributed by atoms with van der Waals surface area (Å²) < 4.78 is 8.90. The first-order valence-corrected chi connectivity index (χ1v) is 14.0. The Morgan fingerprint density at radius 3 is 2.36 bits per heavy atom. The van der Waals surface area contributed by atoms with Crippen LogP contribution in [0.1, 0.15) is 57.2 Å². The van der Waals surface area contributed by atoms with E-state index in [9.17, 15) is 0 Å². The highest BCUT2D eigenvalue weighted by Crippen LogP contribution is 2.49. The molecule has 39 heavy (non-hydrogen) atoms. The van der Waals surface area contributed by atoms with E-state index in [0.717, 1.165) is 45.3 Å². The zero-order valence-corrected chi connectivity index (χ0v) is 23.7. The number of fused-ring (bicyclic) bond motifs is 6. The average Bonchev–Trinajstić information content (AvgIpc) is 3.28. The van der Waals surface area contributed by atoms with E-state index in [4.69, 9.17) is 9.40 Å². The predicted molar refractivity (Wildman–Crippen MR) is 161 cm³/mol. The Morgan fingerprint density at radius 1 is 0.795 bits per heavy atom. The summed E-state index contributed by atoms with van der Waals surface area (Å²) in [6.45, 7) is 11.6. The third-order valence-corrected chi connectivity index (χ3v) is 9.10. The Kier molecular flexibility index (Phi) is 5.10. The van der Waals surface area contributed by atoms with E-state index >= 15 is 0 Å². The van der Waals surface area contributed by atoms with Crippen molar-refractivity contribution < 1.29 is 8.98 Å². The lowest BCUT2D eigenvalue weighted by molar-refractivity contribution is -0.660. The van der Waals surface area contributed by atoms with Gasteiger partial charge in [0, 0.05) is 28.3 Å². The molecule has 0 saturated heterocycles. The molecule has 0 radical (unpaired) electrons. The van der Waals surface area contributed by atoms with Gasteiger partial charge < -0.3 is 4.42 Å². The maximum Gasteiger partial charge on any atom is 0.227 e. The van der Waals surface area contributed by atoms with E-state index in [0.29, 0.717) is 0 Å². The minimum atomic E-state index is 0.0738. The molecule has 3 heteroatoms. The van der Waals surface area contributed by atoms with E-state index in [-0.39, 0.29) is 10.8 Å². The lowest BCUT2D eigenvalue weighted by Gasteiger charge is -2.42. The van der Waals surface area contributed by atoms with Crippen LogP contribution in [0.25, 0.3) is 55.4 Å². The number of aromatic nitrogens is 2. The Balaban J connectivity index is 1.51. The van der Waals surface area contributed by atoms with Crippen LogP contribution in [0.5, 0.6) is 0 Å². The highest BCUT2D eigenvalue weighted by molar-refractivity contribution is 6.11. The number of rotatable bonds is 2. The number of aryl methyl sites for hydroxylation is 2. The molecule has 1 aliphatic rings. The lowest BCUT2D eigenvalue weighted by Crippen LogP contribution is -2.34. The summed E-state index contributed by atoms with van der Waals surface area (Å²) in [5.41, 5.74) is 11.6. The molecule has 0 saturated carbocycles. The molecule has 3 aromatic carbocycles. The zero-order valence-electron chi connectivity index (χ0n) is 23.7. The molecule has 0 spiro atoms. The van der Waals surface area contributed by atoms with Gasteiger partial charge in [0.2, 0.25) is 11.4 Å². The first kappa shape index (κ1) is 24.1. The molecule has 7 rings (SSSR count). The van der Waals surface area contributed by atoms with E-state index in [1.54, 1.807) is 0 Å². The summed E-state index contributed by atoms with van der Waals surface area (Å²) in [5.74, 6) is 0. The molecule has 3 heterocycles. The second-order valence-electron chi connectivity index (χ2n) is 12.7. The van der Waals surface area contributed by atoms with Gasteiger partial charge in [-0.25, -0.2) is 9.55 Å². The standard InChI is InChI=1S/C36H35N2O/c1-22-12-14-26-27-20-25-13-15-28-31(36(4,5)18-17-35(28,2)3)32(25)37-34(27)39-33(26)30(22)29-21-24(16-19-38(29)6)23-10-8-7-9-11-23/h7-16,19-21H,17-18H2,1-6H3/q+1. The number of nitrogens with zero attached hydrogens (tertiary/aromatic N) is 2. The first-order chi connectivity index (χ1) is 18.6. The van der Waals surface area contributed by atoms with Gasteiger partial charge in [-0.15, -0.1) is 0 Å². The van der Waals surface area contributed by atoms with Crippen LogP contribution >= 0.6 is 0 Å². The molecule has 1 aliphatic carbocycles. The summed E-state index contributed by atoms with van der Waals surface area (Å²) >= 11 is 0. The number of pyridine rings is 2. The molecule has 0 fully saturated rings. The third-order valence-electron chi connectivity index (χ3n) is 9.10. The number of hydrogen-bond acceptors (Lipinski definition) is 2. The molecule has 3 aromatic heterocycles. The molecule has 0 N–H and O–H groups in total. The summed E-state index contributed by atoms with van der Waals surface area (Å²) in [6.07, 6.45) is 4.48. The smallest absolute Gasteiger partial charge is 0.227 e. The minimum absolute atomic E-state index is 0.0738. The van der Waals surface area contributed by atoms with Crippen molar-refractivity contribution in [3.8, 4) is 22.4 Å². The van der Waals surface area contributed by atoms with E-state index in [2.05, 4.69) is 125 Å². The molecule has 3 nitrogen and oxygen atoms in total. The first-order valence-electron chi connectivity index (χ1n) is 14.0. The molecular weight excluding hydrogens is 476 g/mol. The van der Waals surface area contributed by atoms with E-state index in [1.807, 2.05) is 0 Å². The maximum absolute atomic E-state index is 6.71. The SMILES string of the molecule is Cc1ccc2c(oc3nc4c5c(ccc4cc32)C(C)(C)CCC5(C)C)c1-c1cc(-c2ccccc2)cc[n+]1C. The Hall–Kier alpha value is -3.98. The van der Waals surface area contributed by atoms with Crippen molar-refractivity contribution in [1.82, 2.24) is 4.98 Å². The van der Waals surface area contributed by atoms with Crippen LogP contribution in [0, 0.1) is 6.92 Å². The minimum Gasteiger partial charge on any atom is -0.437 e. The highest BCUT2D eigenvalue weighted by atomic mass is 16.3. The summed E-state index contributed by atoms with van der Waals surface area (Å²) in [5, 5.41) is 3.38. The third kappa shape index (κ3) is 3.63. The fourth-order valence-electron chi connectivity index (χ4n) is 6.67. The van der Waals surface area contributed by atoms with Crippen LogP contribution in [-0.2, 0) is 17.9 Å². The molecule has 0 bridgehead atoms. The van der Waals surface area contributed by atoms with Crippen LogP contribution in [0.15, 0.2) is 83.4 Å². The van der Waals surface area contributed by atoms with E-state index < -0.39 is 0 Å². The van der Waals surface area contributed by atoms with Gasteiger partial charge >= 0.3 is 0 Å². The van der Waals surface area contributed by atoms with Crippen molar-refractivity contribution in [3.05, 3.63) is 95.7 Å². The summed E-state index contributed by atoms with van der Waals surface area (Å²) in [4.78, 5) is 5.27. The van der Waals surface area contributed by atoms with Crippen LogP contribution < -0.4 is 4.57 Å². The lowest BCUT2D eigenvalue weighted by atomic mass is 9.62. The Morgan fingerprint density at radius 2 is 1.56 bits per heavy atom. The maximum atomic E-state index is 6.71. The molecular formula is C36H35N2O+. The molecule has 0 unspecified atom stereocenters. The summed E-state index contributed by atoms with van der Waals surface area (Å²) in [7, 11) is 2.10. The number of benzene rings is 3. The highest BCUT2D eigenvalue weighted by Gasteiger charge is 2.38. The largest absolute Gasteiger partial charge is 0.437 e. The molecule has 0 aliphatic heterocycles. The molecule has 0 amide bonds. The van der Waals surface area contributed by atoms with E-state index in [1.165, 1.54) is 39.6 Å². The molecule has 194 valence electrons. The van der Waals surface area contributed by atoms with Crippen molar-refractivity contribution in [2.24, 2.45) is 7.05 Å². The Bertz CT molecular complexity index is 1930. The second-order valence-corrected chi connectivity index (χ2v) is 12.7. The average molecular weight is 512 g/mol. The molecule has 0 atom stereocenters. The van der Waals surface area contributed by atoms with Crippen molar-refractivity contribution in [2.75, 3.05) is 0 Å².